The molecule has 7 nitrogen and oxygen atoms in total. The summed E-state index contributed by atoms with van der Waals surface area (Å²) in [6.07, 6.45) is 1.16. The quantitative estimate of drug-likeness (QED) is 0.589. The molecule has 0 saturated heterocycles. The molecule has 0 bridgehead atoms. The number of halogens is 3. The first-order chi connectivity index (χ1) is 14.6. The fourth-order valence-electron chi connectivity index (χ4n) is 4.23. The maximum absolute atomic E-state index is 14.4. The molecular weight excluding hydrogens is 415 g/mol. The van der Waals surface area contributed by atoms with Crippen LogP contribution in [0.25, 0.3) is 0 Å². The Balaban J connectivity index is 1.59. The average Bonchev–Trinajstić information content (AvgIpc) is 2.90. The first kappa shape index (κ1) is 20.8. The molecule has 1 heterocycles. The minimum Gasteiger partial charge on any atom is -0.347 e. The van der Waals surface area contributed by atoms with Gasteiger partial charge >= 0.3 is 11.8 Å². The van der Waals surface area contributed by atoms with E-state index in [1.165, 1.54) is 6.07 Å². The summed E-state index contributed by atoms with van der Waals surface area (Å²) in [7, 11) is 0. The van der Waals surface area contributed by atoms with Gasteiger partial charge in [0.15, 0.2) is 0 Å². The van der Waals surface area contributed by atoms with Crippen LogP contribution >= 0.6 is 0 Å². The van der Waals surface area contributed by atoms with Gasteiger partial charge in [-0.3, -0.25) is 24.6 Å². The third kappa shape index (κ3) is 3.41. The Morgan fingerprint density at radius 2 is 2.06 bits per heavy atom. The smallest absolute Gasteiger partial charge is 0.347 e. The molecule has 10 heteroatoms. The Labute approximate surface area is 175 Å². The topological polar surface area (TPSA) is 92.6 Å². The van der Waals surface area contributed by atoms with Crippen molar-refractivity contribution >= 4 is 23.2 Å². The van der Waals surface area contributed by atoms with Crippen LogP contribution in [0.3, 0.4) is 0 Å². The molecule has 162 valence electrons. The summed E-state index contributed by atoms with van der Waals surface area (Å²) < 4.78 is 43.0. The maximum atomic E-state index is 14.4. The van der Waals surface area contributed by atoms with Crippen LogP contribution in [0.4, 0.5) is 24.5 Å². The molecule has 1 aliphatic carbocycles. The largest absolute Gasteiger partial charge is 0.352 e. The van der Waals surface area contributed by atoms with Crippen molar-refractivity contribution in [3.05, 3.63) is 69.0 Å². The molecule has 0 saturated carbocycles. The molecule has 2 aromatic carbocycles. The molecule has 0 radical (unpaired) electrons. The lowest BCUT2D eigenvalue weighted by atomic mass is 9.80. The standard InChI is InChI=1S/C21H18F3N3O4/c1-11-5-7-13-14(3-2-4-16(13)22)19(11)25-18(28)10-26-17-8-6-12(27(30)31)9-15(17)21(23,24)20(26)29/h2-4,6,8-9,11,19H,5,7,10H2,1H3,(H,25,28). The van der Waals surface area contributed by atoms with Crippen molar-refractivity contribution in [1.29, 1.82) is 0 Å². The highest BCUT2D eigenvalue weighted by Crippen LogP contribution is 2.45. The lowest BCUT2D eigenvalue weighted by Gasteiger charge is -2.32. The van der Waals surface area contributed by atoms with Crippen molar-refractivity contribution in [2.75, 3.05) is 11.4 Å². The fourth-order valence-corrected chi connectivity index (χ4v) is 4.23. The van der Waals surface area contributed by atoms with Gasteiger partial charge in [0.25, 0.3) is 5.69 Å². The molecule has 2 aromatic rings. The molecule has 1 N–H and O–H groups in total. The van der Waals surface area contributed by atoms with E-state index in [2.05, 4.69) is 5.32 Å². The molecule has 0 spiro atoms. The predicted molar refractivity (Wildman–Crippen MR) is 104 cm³/mol. The summed E-state index contributed by atoms with van der Waals surface area (Å²) in [6, 6.07) is 6.75. The number of amides is 2. The van der Waals surface area contributed by atoms with E-state index in [4.69, 9.17) is 0 Å². The van der Waals surface area contributed by atoms with Crippen molar-refractivity contribution in [3.8, 4) is 0 Å². The van der Waals surface area contributed by atoms with Gasteiger partial charge in [-0.05, 0) is 42.0 Å². The number of non-ortho nitro benzene ring substituents is 1. The highest BCUT2D eigenvalue weighted by molar-refractivity contribution is 6.09. The molecular formula is C21H18F3N3O4. The van der Waals surface area contributed by atoms with Gasteiger partial charge in [-0.15, -0.1) is 0 Å². The van der Waals surface area contributed by atoms with E-state index in [1.807, 2.05) is 6.92 Å². The van der Waals surface area contributed by atoms with Gasteiger partial charge in [0.1, 0.15) is 12.4 Å². The molecule has 1 aliphatic heterocycles. The molecule has 2 amide bonds. The zero-order valence-electron chi connectivity index (χ0n) is 16.4. The molecule has 0 fully saturated rings. The highest BCUT2D eigenvalue weighted by Gasteiger charge is 2.54. The third-order valence-electron chi connectivity index (χ3n) is 5.86. The molecule has 2 aliphatic rings. The van der Waals surface area contributed by atoms with E-state index in [9.17, 15) is 32.9 Å². The van der Waals surface area contributed by atoms with Gasteiger partial charge in [0.2, 0.25) is 5.91 Å². The number of benzene rings is 2. The van der Waals surface area contributed by atoms with E-state index in [1.54, 1.807) is 12.1 Å². The van der Waals surface area contributed by atoms with Crippen LogP contribution in [-0.2, 0) is 21.9 Å². The summed E-state index contributed by atoms with van der Waals surface area (Å²) in [5.41, 5.74) is -0.502. The van der Waals surface area contributed by atoms with E-state index in [0.29, 0.717) is 34.9 Å². The summed E-state index contributed by atoms with van der Waals surface area (Å²) >= 11 is 0. The van der Waals surface area contributed by atoms with Crippen LogP contribution in [-0.4, -0.2) is 23.3 Å². The number of rotatable bonds is 4. The van der Waals surface area contributed by atoms with Crippen LogP contribution in [0.2, 0.25) is 0 Å². The van der Waals surface area contributed by atoms with Crippen LogP contribution in [0.1, 0.15) is 36.1 Å². The minimum absolute atomic E-state index is 0.0242. The van der Waals surface area contributed by atoms with E-state index >= 15 is 0 Å². The van der Waals surface area contributed by atoms with Gasteiger partial charge < -0.3 is 5.32 Å². The molecule has 2 atom stereocenters. The lowest BCUT2D eigenvalue weighted by molar-refractivity contribution is -0.385. The second-order valence-corrected chi connectivity index (χ2v) is 7.79. The highest BCUT2D eigenvalue weighted by atomic mass is 19.3. The Bertz CT molecular complexity index is 1110. The van der Waals surface area contributed by atoms with Gasteiger partial charge in [-0.25, -0.2) is 4.39 Å². The number of anilines is 1. The first-order valence-electron chi connectivity index (χ1n) is 9.66. The van der Waals surface area contributed by atoms with Gasteiger partial charge in [-0.2, -0.15) is 8.78 Å². The number of nitro benzene ring substituents is 1. The first-order valence-corrected chi connectivity index (χ1v) is 9.66. The minimum atomic E-state index is -3.98. The summed E-state index contributed by atoms with van der Waals surface area (Å²) in [5, 5.41) is 13.6. The SMILES string of the molecule is CC1CCc2c(F)cccc2C1NC(=O)CN1C(=O)C(F)(F)c2cc([N+](=O)[O-])ccc21. The molecule has 31 heavy (non-hydrogen) atoms. The van der Waals surface area contributed by atoms with Crippen molar-refractivity contribution in [2.45, 2.75) is 31.7 Å². The van der Waals surface area contributed by atoms with Gasteiger partial charge in [0, 0.05) is 12.1 Å². The number of alkyl halides is 2. The predicted octanol–water partition coefficient (Wildman–Crippen LogP) is 3.61. The van der Waals surface area contributed by atoms with Gasteiger partial charge in [0.05, 0.1) is 22.2 Å². The number of hydrogen-bond donors (Lipinski definition) is 1. The number of carbonyl (C=O) groups is 2. The Kier molecular flexibility index (Phi) is 4.95. The maximum Gasteiger partial charge on any atom is 0.352 e. The Morgan fingerprint density at radius 1 is 1.32 bits per heavy atom. The summed E-state index contributed by atoms with van der Waals surface area (Å²) in [4.78, 5) is 35.7. The van der Waals surface area contributed by atoms with Gasteiger partial charge in [-0.1, -0.05) is 19.1 Å². The van der Waals surface area contributed by atoms with E-state index in [0.717, 1.165) is 12.1 Å². The van der Waals surface area contributed by atoms with Crippen LogP contribution in [0.5, 0.6) is 0 Å². The van der Waals surface area contributed by atoms with E-state index < -0.39 is 46.5 Å². The van der Waals surface area contributed by atoms with E-state index in [-0.39, 0.29) is 17.4 Å². The number of hydrogen-bond acceptors (Lipinski definition) is 4. The number of carbonyl (C=O) groups excluding carboxylic acids is 2. The third-order valence-corrected chi connectivity index (χ3v) is 5.86. The van der Waals surface area contributed by atoms with Crippen molar-refractivity contribution < 1.29 is 27.7 Å². The summed E-state index contributed by atoms with van der Waals surface area (Å²) in [5.74, 6) is -6.68. The number of nitro groups is 1. The second kappa shape index (κ2) is 7.36. The molecule has 4 rings (SSSR count). The normalized spacial score (nSPS) is 21.4. The van der Waals surface area contributed by atoms with Crippen LogP contribution in [0.15, 0.2) is 36.4 Å². The fraction of sp³-hybridized carbons (Fsp3) is 0.333. The number of fused-ring (bicyclic) bond motifs is 2. The molecule has 0 aromatic heterocycles. The van der Waals surface area contributed by atoms with Crippen LogP contribution < -0.4 is 10.2 Å². The van der Waals surface area contributed by atoms with Crippen molar-refractivity contribution in [2.24, 2.45) is 5.92 Å². The van der Waals surface area contributed by atoms with Crippen LogP contribution in [0, 0.1) is 21.8 Å². The second-order valence-electron chi connectivity index (χ2n) is 7.79. The average molecular weight is 433 g/mol. The zero-order valence-corrected chi connectivity index (χ0v) is 16.4. The van der Waals surface area contributed by atoms with Crippen molar-refractivity contribution in [1.82, 2.24) is 5.32 Å². The zero-order chi connectivity index (χ0) is 22.5. The van der Waals surface area contributed by atoms with Crippen molar-refractivity contribution in [3.63, 3.8) is 0 Å². The summed E-state index contributed by atoms with van der Waals surface area (Å²) in [6.45, 7) is 1.20. The number of nitrogens with one attached hydrogen (secondary N) is 1. The number of nitrogens with zero attached hydrogens (tertiary/aromatic N) is 2. The Hall–Kier alpha value is -3.43. The molecule has 2 unspecified atom stereocenters. The Morgan fingerprint density at radius 3 is 2.77 bits per heavy atom. The monoisotopic (exact) mass is 433 g/mol. The lowest BCUT2D eigenvalue weighted by Crippen LogP contribution is -2.44.